The van der Waals surface area contributed by atoms with Crippen molar-refractivity contribution < 1.29 is 19.4 Å². The SMILES string of the molecule is CC(C)(C)OC(=O)n1ccc2cc(-n3nc(C(C)(C)C)cc3C(=O)O)ccc21. The van der Waals surface area contributed by atoms with Crippen LogP contribution in [0.5, 0.6) is 0 Å². The molecule has 0 amide bonds. The zero-order valence-electron chi connectivity index (χ0n) is 17.0. The highest BCUT2D eigenvalue weighted by atomic mass is 16.6. The Labute approximate surface area is 163 Å². The van der Waals surface area contributed by atoms with Crippen LogP contribution in [0.15, 0.2) is 36.5 Å². The zero-order chi connectivity index (χ0) is 20.9. The molecule has 0 unspecified atom stereocenters. The predicted molar refractivity (Wildman–Crippen MR) is 106 cm³/mol. The molecule has 0 aliphatic carbocycles. The second-order valence-corrected chi connectivity index (χ2v) is 8.79. The molecule has 7 heteroatoms. The van der Waals surface area contributed by atoms with Gasteiger partial charge in [0.15, 0.2) is 5.69 Å². The monoisotopic (exact) mass is 383 g/mol. The third kappa shape index (κ3) is 3.78. The van der Waals surface area contributed by atoms with Crippen molar-refractivity contribution in [2.24, 2.45) is 0 Å². The second-order valence-electron chi connectivity index (χ2n) is 8.79. The Bertz CT molecular complexity index is 1060. The van der Waals surface area contributed by atoms with Crippen molar-refractivity contribution in [2.75, 3.05) is 0 Å². The Morgan fingerprint density at radius 3 is 2.29 bits per heavy atom. The summed E-state index contributed by atoms with van der Waals surface area (Å²) in [6, 6.07) is 8.70. The number of carbonyl (C=O) groups excluding carboxylic acids is 1. The number of hydrogen-bond donors (Lipinski definition) is 1. The highest BCUT2D eigenvalue weighted by Crippen LogP contribution is 2.26. The van der Waals surface area contributed by atoms with Gasteiger partial charge in [0.2, 0.25) is 0 Å². The first-order chi connectivity index (χ1) is 12.9. The lowest BCUT2D eigenvalue weighted by Crippen LogP contribution is -2.26. The van der Waals surface area contributed by atoms with Gasteiger partial charge in [-0.05, 0) is 51.1 Å². The lowest BCUT2D eigenvalue weighted by atomic mass is 9.92. The summed E-state index contributed by atoms with van der Waals surface area (Å²) in [5, 5.41) is 14.9. The average molecular weight is 383 g/mol. The van der Waals surface area contributed by atoms with Crippen molar-refractivity contribution in [3.63, 3.8) is 0 Å². The fraction of sp³-hybridized carbons (Fsp3) is 0.381. The van der Waals surface area contributed by atoms with E-state index in [4.69, 9.17) is 4.74 Å². The minimum atomic E-state index is -1.05. The van der Waals surface area contributed by atoms with E-state index < -0.39 is 17.7 Å². The third-order valence-electron chi connectivity index (χ3n) is 4.21. The van der Waals surface area contributed by atoms with Crippen LogP contribution < -0.4 is 0 Å². The van der Waals surface area contributed by atoms with E-state index in [9.17, 15) is 14.7 Å². The lowest BCUT2D eigenvalue weighted by Gasteiger charge is -2.19. The minimum Gasteiger partial charge on any atom is -0.477 e. The van der Waals surface area contributed by atoms with Crippen LogP contribution in [0.2, 0.25) is 0 Å². The van der Waals surface area contributed by atoms with Crippen LogP contribution in [-0.4, -0.2) is 37.1 Å². The third-order valence-corrected chi connectivity index (χ3v) is 4.21. The Morgan fingerprint density at radius 2 is 1.71 bits per heavy atom. The van der Waals surface area contributed by atoms with E-state index >= 15 is 0 Å². The summed E-state index contributed by atoms with van der Waals surface area (Å²) in [6.07, 6.45) is 1.18. The first-order valence-electron chi connectivity index (χ1n) is 9.05. The number of aromatic carboxylic acids is 1. The highest BCUT2D eigenvalue weighted by molar-refractivity contribution is 5.91. The quantitative estimate of drug-likeness (QED) is 0.698. The number of carboxylic acid groups (broad SMARTS) is 1. The van der Waals surface area contributed by atoms with E-state index in [2.05, 4.69) is 5.10 Å². The van der Waals surface area contributed by atoms with E-state index in [0.717, 1.165) is 5.39 Å². The first-order valence-corrected chi connectivity index (χ1v) is 9.05. The highest BCUT2D eigenvalue weighted by Gasteiger charge is 2.24. The summed E-state index contributed by atoms with van der Waals surface area (Å²) >= 11 is 0. The van der Waals surface area contributed by atoms with Crippen molar-refractivity contribution in [1.82, 2.24) is 14.3 Å². The van der Waals surface area contributed by atoms with Crippen LogP contribution >= 0.6 is 0 Å². The molecule has 2 heterocycles. The standard InChI is InChI=1S/C21H25N3O4/c1-20(2,3)17-12-16(18(25)26)24(22-17)14-7-8-15-13(11-14)9-10-23(15)19(27)28-21(4,5)6/h7-12H,1-6H3,(H,25,26). The van der Waals surface area contributed by atoms with Crippen LogP contribution in [0.25, 0.3) is 16.6 Å². The molecule has 0 aliphatic rings. The summed E-state index contributed by atoms with van der Waals surface area (Å²) in [7, 11) is 0. The van der Waals surface area contributed by atoms with Gasteiger partial charge in [-0.15, -0.1) is 0 Å². The molecule has 0 radical (unpaired) electrons. The Hall–Kier alpha value is -3.09. The number of fused-ring (bicyclic) bond motifs is 1. The molecule has 28 heavy (non-hydrogen) atoms. The summed E-state index contributed by atoms with van der Waals surface area (Å²) < 4.78 is 8.29. The summed E-state index contributed by atoms with van der Waals surface area (Å²) in [6.45, 7) is 11.4. The number of ether oxygens (including phenoxy) is 1. The molecule has 3 rings (SSSR count). The second kappa shape index (κ2) is 6.51. The molecular formula is C21H25N3O4. The van der Waals surface area contributed by atoms with Crippen molar-refractivity contribution in [3.05, 3.63) is 47.9 Å². The van der Waals surface area contributed by atoms with Crippen LogP contribution in [-0.2, 0) is 10.2 Å². The summed E-state index contributed by atoms with van der Waals surface area (Å²) in [4.78, 5) is 24.1. The molecule has 0 bridgehead atoms. The summed E-state index contributed by atoms with van der Waals surface area (Å²) in [5.74, 6) is -1.05. The van der Waals surface area contributed by atoms with Gasteiger partial charge in [0.25, 0.3) is 0 Å². The van der Waals surface area contributed by atoms with Gasteiger partial charge in [-0.1, -0.05) is 20.8 Å². The van der Waals surface area contributed by atoms with E-state index in [1.165, 1.54) is 9.25 Å². The number of aromatic nitrogens is 3. The number of nitrogens with zero attached hydrogens (tertiary/aromatic N) is 3. The molecule has 7 nitrogen and oxygen atoms in total. The molecule has 0 fully saturated rings. The van der Waals surface area contributed by atoms with Gasteiger partial charge < -0.3 is 9.84 Å². The van der Waals surface area contributed by atoms with E-state index in [0.29, 0.717) is 16.9 Å². The molecule has 2 aromatic heterocycles. The largest absolute Gasteiger partial charge is 0.477 e. The Morgan fingerprint density at radius 1 is 1.04 bits per heavy atom. The van der Waals surface area contributed by atoms with Crippen LogP contribution in [0.1, 0.15) is 57.7 Å². The number of carbonyl (C=O) groups is 2. The molecule has 0 saturated carbocycles. The van der Waals surface area contributed by atoms with Crippen molar-refractivity contribution in [1.29, 1.82) is 0 Å². The molecule has 0 saturated heterocycles. The Balaban J connectivity index is 2.06. The molecule has 1 N–H and O–H groups in total. The predicted octanol–water partition coefficient (Wildman–Crippen LogP) is 4.61. The van der Waals surface area contributed by atoms with Crippen molar-refractivity contribution in [2.45, 2.75) is 52.6 Å². The van der Waals surface area contributed by atoms with E-state index in [1.54, 1.807) is 30.5 Å². The molecule has 0 atom stereocenters. The van der Waals surface area contributed by atoms with E-state index in [1.807, 2.05) is 47.6 Å². The van der Waals surface area contributed by atoms with Gasteiger partial charge in [0.1, 0.15) is 5.60 Å². The number of benzene rings is 1. The maximum Gasteiger partial charge on any atom is 0.418 e. The molecule has 3 aromatic rings. The van der Waals surface area contributed by atoms with E-state index in [-0.39, 0.29) is 11.1 Å². The fourth-order valence-electron chi connectivity index (χ4n) is 2.83. The summed E-state index contributed by atoms with van der Waals surface area (Å²) in [5.41, 5.74) is 1.20. The van der Waals surface area contributed by atoms with Gasteiger partial charge >= 0.3 is 12.1 Å². The molecule has 0 spiro atoms. The normalized spacial score (nSPS) is 12.4. The van der Waals surface area contributed by atoms with Crippen molar-refractivity contribution in [3.8, 4) is 5.69 Å². The average Bonchev–Trinajstić information content (AvgIpc) is 3.16. The zero-order valence-corrected chi connectivity index (χ0v) is 17.0. The molecular weight excluding hydrogens is 358 g/mol. The topological polar surface area (TPSA) is 86.4 Å². The van der Waals surface area contributed by atoms with Gasteiger partial charge in [0, 0.05) is 17.0 Å². The first kappa shape index (κ1) is 19.7. The smallest absolute Gasteiger partial charge is 0.418 e. The van der Waals surface area contributed by atoms with Gasteiger partial charge in [-0.2, -0.15) is 5.10 Å². The van der Waals surface area contributed by atoms with Crippen LogP contribution in [0.3, 0.4) is 0 Å². The lowest BCUT2D eigenvalue weighted by molar-refractivity contribution is 0.0543. The van der Waals surface area contributed by atoms with Gasteiger partial charge in [0.05, 0.1) is 16.9 Å². The molecule has 0 aliphatic heterocycles. The maximum absolute atomic E-state index is 12.4. The van der Waals surface area contributed by atoms with Gasteiger partial charge in [-0.3, -0.25) is 4.57 Å². The number of hydrogen-bond acceptors (Lipinski definition) is 4. The number of carboxylic acids is 1. The minimum absolute atomic E-state index is 0.0934. The van der Waals surface area contributed by atoms with Crippen LogP contribution in [0.4, 0.5) is 4.79 Å². The van der Waals surface area contributed by atoms with Crippen LogP contribution in [0, 0.1) is 0 Å². The van der Waals surface area contributed by atoms with Crippen molar-refractivity contribution >= 4 is 23.0 Å². The number of rotatable bonds is 2. The maximum atomic E-state index is 12.4. The Kier molecular flexibility index (Phi) is 4.57. The van der Waals surface area contributed by atoms with Gasteiger partial charge in [-0.25, -0.2) is 14.3 Å². The fourth-order valence-corrected chi connectivity index (χ4v) is 2.83. The molecule has 1 aromatic carbocycles. The molecule has 148 valence electrons.